The fourth-order valence-electron chi connectivity index (χ4n) is 5.12. The molecule has 6 unspecified atom stereocenters. The van der Waals surface area contributed by atoms with E-state index in [4.69, 9.17) is 15.9 Å². The summed E-state index contributed by atoms with van der Waals surface area (Å²) in [4.78, 5) is 0. The Hall–Kier alpha value is -0.520. The van der Waals surface area contributed by atoms with Crippen molar-refractivity contribution in [2.45, 2.75) is 109 Å². The van der Waals surface area contributed by atoms with E-state index in [0.29, 0.717) is 30.3 Å². The van der Waals surface area contributed by atoms with Crippen LogP contribution in [0.3, 0.4) is 0 Å². The van der Waals surface area contributed by atoms with Crippen molar-refractivity contribution >= 4 is 0 Å². The van der Waals surface area contributed by atoms with Gasteiger partial charge in [0.1, 0.15) is 0 Å². The van der Waals surface area contributed by atoms with Crippen molar-refractivity contribution in [2.75, 3.05) is 0 Å². The van der Waals surface area contributed by atoms with Crippen molar-refractivity contribution in [3.8, 4) is 12.3 Å². The minimum absolute atomic E-state index is 0.307. The summed E-state index contributed by atoms with van der Waals surface area (Å²) in [5, 5.41) is 0. The van der Waals surface area contributed by atoms with Gasteiger partial charge < -0.3 is 9.47 Å². The van der Waals surface area contributed by atoms with Gasteiger partial charge >= 0.3 is 0 Å². The van der Waals surface area contributed by atoms with Gasteiger partial charge in [0.2, 0.25) is 0 Å². The number of rotatable bonds is 4. The zero-order chi connectivity index (χ0) is 16.9. The highest BCUT2D eigenvalue weighted by atomic mass is 16.5. The van der Waals surface area contributed by atoms with E-state index in [-0.39, 0.29) is 0 Å². The summed E-state index contributed by atoms with van der Waals surface area (Å²) in [6.45, 7) is 4.72. The predicted octanol–water partition coefficient (Wildman–Crippen LogP) is 5.35. The summed E-state index contributed by atoms with van der Waals surface area (Å²) in [5.41, 5.74) is 0. The zero-order valence-corrected chi connectivity index (χ0v) is 15.7. The first-order valence-corrected chi connectivity index (χ1v) is 10.4. The molecule has 2 nitrogen and oxygen atoms in total. The molecule has 2 heteroatoms. The Kier molecular flexibility index (Phi) is 6.64. The molecule has 0 bridgehead atoms. The molecule has 0 aromatic rings. The molecule has 0 aromatic carbocycles. The van der Waals surface area contributed by atoms with Gasteiger partial charge in [0.05, 0.1) is 24.4 Å². The smallest absolute Gasteiger partial charge is 0.0615 e. The van der Waals surface area contributed by atoms with Crippen LogP contribution in [0.2, 0.25) is 0 Å². The molecule has 6 atom stereocenters. The lowest BCUT2D eigenvalue weighted by atomic mass is 9.83. The summed E-state index contributed by atoms with van der Waals surface area (Å²) in [7, 11) is 0. The Morgan fingerprint density at radius 2 is 1.17 bits per heavy atom. The average Bonchev–Trinajstić information content (AvgIpc) is 2.54. The number of terminal acetylenes is 1. The monoisotopic (exact) mass is 332 g/mol. The second-order valence-corrected chi connectivity index (χ2v) is 8.87. The standard InChI is InChI=1S/C22H36O2/c1-4-18-13-21(23-19-9-5-7-16(2)11-19)15-22(14-18)24-20-10-6-8-17(3)12-20/h1,16-22H,5-15H2,2-3H3. The number of ether oxygens (including phenoxy) is 2. The van der Waals surface area contributed by atoms with Gasteiger partial charge in [0.25, 0.3) is 0 Å². The Balaban J connectivity index is 1.52. The summed E-state index contributed by atoms with van der Waals surface area (Å²) >= 11 is 0. The van der Waals surface area contributed by atoms with Crippen LogP contribution in [-0.4, -0.2) is 24.4 Å². The molecular weight excluding hydrogens is 296 g/mol. The van der Waals surface area contributed by atoms with Crippen molar-refractivity contribution in [1.82, 2.24) is 0 Å². The summed E-state index contributed by atoms with van der Waals surface area (Å²) in [6.07, 6.45) is 20.7. The fourth-order valence-corrected chi connectivity index (χ4v) is 5.12. The molecule has 0 heterocycles. The van der Waals surface area contributed by atoms with Gasteiger partial charge in [-0.15, -0.1) is 12.3 Å². The molecule has 0 amide bonds. The summed E-state index contributed by atoms with van der Waals surface area (Å²) in [5.74, 6) is 4.95. The van der Waals surface area contributed by atoms with Gasteiger partial charge in [-0.25, -0.2) is 0 Å². The van der Waals surface area contributed by atoms with Crippen molar-refractivity contribution < 1.29 is 9.47 Å². The Labute approximate surface area is 149 Å². The van der Waals surface area contributed by atoms with Gasteiger partial charge in [-0.2, -0.15) is 0 Å². The maximum atomic E-state index is 6.50. The molecule has 24 heavy (non-hydrogen) atoms. The van der Waals surface area contributed by atoms with Gasteiger partial charge in [0, 0.05) is 5.92 Å². The van der Waals surface area contributed by atoms with Crippen molar-refractivity contribution in [3.63, 3.8) is 0 Å². The molecular formula is C22H36O2. The Morgan fingerprint density at radius 1 is 0.667 bits per heavy atom. The van der Waals surface area contributed by atoms with E-state index >= 15 is 0 Å². The van der Waals surface area contributed by atoms with Crippen LogP contribution in [0.1, 0.15) is 84.5 Å². The summed E-state index contributed by atoms with van der Waals surface area (Å²) < 4.78 is 13.0. The molecule has 0 spiro atoms. The van der Waals surface area contributed by atoms with Crippen LogP contribution < -0.4 is 0 Å². The van der Waals surface area contributed by atoms with Crippen LogP contribution in [0, 0.1) is 30.1 Å². The highest BCUT2D eigenvalue weighted by Crippen LogP contribution is 2.35. The molecule has 3 saturated carbocycles. The number of hydrogen-bond acceptors (Lipinski definition) is 2. The molecule has 3 fully saturated rings. The number of hydrogen-bond donors (Lipinski definition) is 0. The van der Waals surface area contributed by atoms with E-state index in [2.05, 4.69) is 19.8 Å². The minimum Gasteiger partial charge on any atom is -0.375 e. The van der Waals surface area contributed by atoms with E-state index < -0.39 is 0 Å². The highest BCUT2D eigenvalue weighted by molar-refractivity contribution is 4.99. The SMILES string of the molecule is C#CC1CC(OC2CCCC(C)C2)CC(OC2CCCC(C)C2)C1. The minimum atomic E-state index is 0.307. The lowest BCUT2D eigenvalue weighted by molar-refractivity contribution is -0.116. The Morgan fingerprint density at radius 3 is 1.58 bits per heavy atom. The first-order valence-electron chi connectivity index (χ1n) is 10.4. The van der Waals surface area contributed by atoms with Gasteiger partial charge in [0.15, 0.2) is 0 Å². The third kappa shape index (κ3) is 5.24. The normalized spacial score (nSPS) is 44.0. The van der Waals surface area contributed by atoms with Crippen molar-refractivity contribution in [3.05, 3.63) is 0 Å². The van der Waals surface area contributed by atoms with Crippen LogP contribution in [0.15, 0.2) is 0 Å². The maximum absolute atomic E-state index is 6.50. The van der Waals surface area contributed by atoms with E-state index in [0.717, 1.165) is 31.1 Å². The fraction of sp³-hybridized carbons (Fsp3) is 0.909. The van der Waals surface area contributed by atoms with Gasteiger partial charge in [-0.05, 0) is 56.8 Å². The van der Waals surface area contributed by atoms with Crippen molar-refractivity contribution in [2.24, 2.45) is 17.8 Å². The molecule has 0 radical (unpaired) electrons. The zero-order valence-electron chi connectivity index (χ0n) is 15.7. The first kappa shape index (κ1) is 18.3. The molecule has 136 valence electrons. The van der Waals surface area contributed by atoms with E-state index in [1.807, 2.05) is 0 Å². The quantitative estimate of drug-likeness (QED) is 0.646. The lowest BCUT2D eigenvalue weighted by Gasteiger charge is -2.39. The molecule has 3 aliphatic rings. The van der Waals surface area contributed by atoms with Crippen LogP contribution in [0.4, 0.5) is 0 Å². The summed E-state index contributed by atoms with van der Waals surface area (Å²) in [6, 6.07) is 0. The van der Waals surface area contributed by atoms with Gasteiger partial charge in [-0.3, -0.25) is 0 Å². The van der Waals surface area contributed by atoms with Gasteiger partial charge in [-0.1, -0.05) is 39.5 Å². The van der Waals surface area contributed by atoms with Crippen LogP contribution >= 0.6 is 0 Å². The maximum Gasteiger partial charge on any atom is 0.0615 e. The second-order valence-electron chi connectivity index (χ2n) is 8.87. The third-order valence-electron chi connectivity index (χ3n) is 6.40. The predicted molar refractivity (Wildman–Crippen MR) is 98.8 cm³/mol. The molecule has 0 N–H and O–H groups in total. The van der Waals surface area contributed by atoms with Crippen LogP contribution in [-0.2, 0) is 9.47 Å². The third-order valence-corrected chi connectivity index (χ3v) is 6.40. The molecule has 3 aliphatic carbocycles. The Bertz CT molecular complexity index is 394. The largest absolute Gasteiger partial charge is 0.375 e. The van der Waals surface area contributed by atoms with E-state index in [1.54, 1.807) is 0 Å². The highest BCUT2D eigenvalue weighted by Gasteiger charge is 2.33. The van der Waals surface area contributed by atoms with E-state index in [1.165, 1.54) is 51.4 Å². The second kappa shape index (κ2) is 8.72. The molecule has 0 aliphatic heterocycles. The first-order chi connectivity index (χ1) is 11.6. The average molecular weight is 333 g/mol. The van der Waals surface area contributed by atoms with E-state index in [9.17, 15) is 0 Å². The van der Waals surface area contributed by atoms with Crippen LogP contribution in [0.5, 0.6) is 0 Å². The lowest BCUT2D eigenvalue weighted by Crippen LogP contribution is -2.38. The topological polar surface area (TPSA) is 18.5 Å². The molecule has 0 aromatic heterocycles. The molecule has 3 rings (SSSR count). The molecule has 0 saturated heterocycles. The van der Waals surface area contributed by atoms with Crippen molar-refractivity contribution in [1.29, 1.82) is 0 Å². The van der Waals surface area contributed by atoms with Crippen LogP contribution in [0.25, 0.3) is 0 Å².